The molecule has 0 aromatic heterocycles. The van der Waals surface area contributed by atoms with E-state index >= 15 is 0 Å². The fourth-order valence-corrected chi connectivity index (χ4v) is 4.25. The molecular weight excluding hydrogens is 909 g/mol. The molecule has 0 spiro atoms. The highest BCUT2D eigenvalue weighted by Gasteiger charge is 2.39. The molecule has 1 aromatic carbocycles. The van der Waals surface area contributed by atoms with Crippen LogP contribution in [-0.2, 0) is 40.0 Å². The highest BCUT2D eigenvalue weighted by atomic mass is 19.4. The Kier molecular flexibility index (Phi) is 32.2. The van der Waals surface area contributed by atoms with Gasteiger partial charge in [0.25, 0.3) is 0 Å². The fourth-order valence-electron chi connectivity index (χ4n) is 4.25. The first kappa shape index (κ1) is 63.0. The molecule has 0 aliphatic carbocycles. The lowest BCUT2D eigenvalue weighted by atomic mass is 10.1. The number of nitrogens with one attached hydrogen (secondary N) is 4. The number of carbonyl (C=O) groups excluding carboxylic acids is 4. The molecule has 0 fully saturated rings. The van der Waals surface area contributed by atoms with E-state index in [1.54, 1.807) is 0 Å². The van der Waals surface area contributed by atoms with Crippen LogP contribution in [-0.4, -0.2) is 136 Å². The minimum Gasteiger partial charge on any atom is -0.508 e. The molecule has 0 saturated heterocycles. The molecule has 0 heterocycles. The van der Waals surface area contributed by atoms with Gasteiger partial charge in [0.2, 0.25) is 23.6 Å². The van der Waals surface area contributed by atoms with Gasteiger partial charge in [0, 0.05) is 31.3 Å². The van der Waals surface area contributed by atoms with Crippen molar-refractivity contribution in [2.75, 3.05) is 32.7 Å². The summed E-state index contributed by atoms with van der Waals surface area (Å²) in [6, 6.07) is 2.10. The number of phenols is 2. The van der Waals surface area contributed by atoms with Gasteiger partial charge in [-0.3, -0.25) is 24.2 Å². The van der Waals surface area contributed by atoms with Gasteiger partial charge in [0.05, 0.1) is 18.9 Å². The third-order valence-corrected chi connectivity index (χ3v) is 7.43. The molecule has 30 heteroatoms. The molecule has 21 nitrogen and oxygen atoms in total. The average molecular weight is 964 g/mol. The number of benzene rings is 1. The van der Waals surface area contributed by atoms with Crippen LogP contribution in [0.15, 0.2) is 23.2 Å². The van der Waals surface area contributed by atoms with Gasteiger partial charge in [-0.2, -0.15) is 39.5 Å². The van der Waals surface area contributed by atoms with Crippen LogP contribution in [0.4, 0.5) is 39.5 Å². The van der Waals surface area contributed by atoms with Crippen LogP contribution in [0.1, 0.15) is 69.8 Å². The Morgan fingerprint density at radius 1 is 0.631 bits per heavy atom. The number of carboxylic acid groups (broad SMARTS) is 3. The maximum atomic E-state index is 12.5. The normalized spacial score (nSPS) is 11.8. The lowest BCUT2D eigenvalue weighted by molar-refractivity contribution is -0.193. The van der Waals surface area contributed by atoms with Gasteiger partial charge in [-0.1, -0.05) is 31.7 Å². The number of aliphatic imine (C=N–C) groups is 1. The molecule has 0 saturated carbocycles. The van der Waals surface area contributed by atoms with Crippen molar-refractivity contribution >= 4 is 47.5 Å². The van der Waals surface area contributed by atoms with Gasteiger partial charge in [-0.25, -0.2) is 14.4 Å². The van der Waals surface area contributed by atoms with Gasteiger partial charge >= 0.3 is 36.4 Å². The van der Waals surface area contributed by atoms with E-state index in [0.29, 0.717) is 26.1 Å². The fraction of sp³-hybridized carbons (Fsp3) is 0.600. The second kappa shape index (κ2) is 33.2. The first-order valence-electron chi connectivity index (χ1n) is 18.9. The number of primary amides is 1. The highest BCUT2D eigenvalue weighted by molar-refractivity contribution is 5.92. The maximum absolute atomic E-state index is 12.5. The van der Waals surface area contributed by atoms with Crippen LogP contribution in [0.3, 0.4) is 0 Å². The molecule has 0 unspecified atom stereocenters. The number of rotatable bonds is 24. The predicted octanol–water partition coefficient (Wildman–Crippen LogP) is 0.834. The van der Waals surface area contributed by atoms with Crippen molar-refractivity contribution in [2.24, 2.45) is 27.9 Å². The second-order valence-corrected chi connectivity index (χ2v) is 13.1. The number of nitrogens with zero attached hydrogens (tertiary/aromatic N) is 1. The van der Waals surface area contributed by atoms with Crippen molar-refractivity contribution in [1.82, 2.24) is 21.3 Å². The molecule has 0 aliphatic heterocycles. The van der Waals surface area contributed by atoms with Crippen LogP contribution in [0.2, 0.25) is 0 Å². The summed E-state index contributed by atoms with van der Waals surface area (Å²) in [7, 11) is 0. The zero-order chi connectivity index (χ0) is 51.0. The number of carboxylic acids is 3. The maximum Gasteiger partial charge on any atom is 0.490 e. The van der Waals surface area contributed by atoms with Crippen molar-refractivity contribution in [1.29, 1.82) is 0 Å². The molecule has 4 amide bonds. The minimum atomic E-state index is -5.08. The number of guanidine groups is 1. The van der Waals surface area contributed by atoms with Gasteiger partial charge in [-0.15, -0.1) is 0 Å². The quantitative estimate of drug-likeness (QED) is 0.0295. The number of hydrogen-bond donors (Lipinski definition) is 13. The van der Waals surface area contributed by atoms with E-state index < -0.39 is 66.2 Å². The number of phenolic OH excluding ortho intramolecular Hbond substituents is 2. The zero-order valence-electron chi connectivity index (χ0n) is 34.5. The predicted molar refractivity (Wildman–Crippen MR) is 209 cm³/mol. The van der Waals surface area contributed by atoms with Crippen LogP contribution >= 0.6 is 0 Å². The summed E-state index contributed by atoms with van der Waals surface area (Å²) in [5.74, 6) is -10.7. The Balaban J connectivity index is -0.00000149. The number of nitrogens with two attached hydrogens (primary N) is 4. The number of amides is 4. The molecule has 1 rings (SSSR count). The van der Waals surface area contributed by atoms with Gasteiger partial charge in [0.1, 0.15) is 17.5 Å². The summed E-state index contributed by atoms with van der Waals surface area (Å²) in [6.45, 7) is 3.11. The zero-order valence-corrected chi connectivity index (χ0v) is 34.5. The van der Waals surface area contributed by atoms with Crippen LogP contribution < -0.4 is 44.2 Å². The molecule has 2 atom stereocenters. The SMILES string of the molecule is NC(=O)C[C@H](NC(=O)Cc1ccc(O)cc1O)C(=O)NCCCCCCCCNCCCCNC(=O)[C@@H](N)CCN=C(N)N.O=C(O)C(F)(F)F.O=C(O)C(F)(F)F.O=C(O)C(F)(F)F. The molecule has 0 radical (unpaired) electrons. The standard InChI is InChI=1S/C29H51N9O6.3C2HF3O2/c30-22(11-16-37-29(32)33)27(43)35-15-8-7-13-34-12-5-3-1-2-4-6-14-36-28(44)23(19-25(31)41)38-26(42)17-20-9-10-21(39)18-24(20)40;3*3-2(4,5)1(6)7/h9-10,18,22-23,34,39-40H,1-8,11-17,19,30H2,(H2,31,41)(H,35,43)(H,36,44)(H,38,42)(H4,32,33,37);3*(H,6,7)/t22-,23-;;;/m0.../s1. The topological polar surface area (TPSA) is 385 Å². The number of halogens is 9. The lowest BCUT2D eigenvalue weighted by Gasteiger charge is -2.17. The average Bonchev–Trinajstić information content (AvgIpc) is 3.16. The summed E-state index contributed by atoms with van der Waals surface area (Å²) < 4.78 is 95.2. The highest BCUT2D eigenvalue weighted by Crippen LogP contribution is 2.23. The van der Waals surface area contributed by atoms with E-state index in [0.717, 1.165) is 70.5 Å². The van der Waals surface area contributed by atoms with Crippen molar-refractivity contribution in [3.05, 3.63) is 23.8 Å². The lowest BCUT2D eigenvalue weighted by Crippen LogP contribution is -2.49. The number of aromatic hydroxyl groups is 2. The number of hydrogen-bond acceptors (Lipinski definition) is 12. The molecule has 374 valence electrons. The first-order valence-corrected chi connectivity index (χ1v) is 18.9. The van der Waals surface area contributed by atoms with Crippen molar-refractivity contribution in [2.45, 2.75) is 101 Å². The third kappa shape index (κ3) is 37.9. The van der Waals surface area contributed by atoms with E-state index in [1.165, 1.54) is 12.1 Å². The van der Waals surface area contributed by atoms with Crippen molar-refractivity contribution < 1.29 is 98.6 Å². The molecule has 65 heavy (non-hydrogen) atoms. The van der Waals surface area contributed by atoms with E-state index in [1.807, 2.05) is 0 Å². The largest absolute Gasteiger partial charge is 0.508 e. The third-order valence-electron chi connectivity index (χ3n) is 7.43. The summed E-state index contributed by atoms with van der Waals surface area (Å²) in [6.07, 6.45) is -7.67. The van der Waals surface area contributed by atoms with Gasteiger partial charge < -0.3 is 69.7 Å². The van der Waals surface area contributed by atoms with Gasteiger partial charge in [-0.05, 0) is 51.3 Å². The monoisotopic (exact) mass is 963 g/mol. The summed E-state index contributed by atoms with van der Waals surface area (Å²) in [5, 5.41) is 52.1. The van der Waals surface area contributed by atoms with Crippen molar-refractivity contribution in [3.63, 3.8) is 0 Å². The van der Waals surface area contributed by atoms with E-state index in [4.69, 9.17) is 52.6 Å². The molecule has 0 bridgehead atoms. The molecule has 0 aliphatic rings. The molecular formula is C35H54F9N9O12. The van der Waals surface area contributed by atoms with Crippen LogP contribution in [0.25, 0.3) is 0 Å². The van der Waals surface area contributed by atoms with Crippen LogP contribution in [0.5, 0.6) is 11.5 Å². The van der Waals surface area contributed by atoms with Crippen LogP contribution in [0, 0.1) is 0 Å². The Morgan fingerprint density at radius 2 is 1.03 bits per heavy atom. The number of alkyl halides is 9. The smallest absolute Gasteiger partial charge is 0.490 e. The Labute approximate surface area is 364 Å². The number of unbranched alkanes of at least 4 members (excludes halogenated alkanes) is 6. The summed E-state index contributed by atoms with van der Waals surface area (Å²) in [5.41, 5.74) is 21.8. The summed E-state index contributed by atoms with van der Waals surface area (Å²) >= 11 is 0. The summed E-state index contributed by atoms with van der Waals surface area (Å²) in [4.78, 5) is 78.8. The Hall–Kier alpha value is -6.33. The number of carbonyl (C=O) groups is 7. The minimum absolute atomic E-state index is 0.0170. The first-order chi connectivity index (χ1) is 29.8. The Bertz CT molecular complexity index is 1610. The van der Waals surface area contributed by atoms with Gasteiger partial charge in [0.15, 0.2) is 5.96 Å². The van der Waals surface area contributed by atoms with E-state index in [2.05, 4.69) is 26.3 Å². The van der Waals surface area contributed by atoms with Crippen molar-refractivity contribution in [3.8, 4) is 11.5 Å². The number of aliphatic carboxylic acids is 3. The molecule has 17 N–H and O–H groups in total. The Morgan fingerprint density at radius 3 is 1.45 bits per heavy atom. The van der Waals surface area contributed by atoms with E-state index in [9.17, 15) is 68.9 Å². The molecule has 1 aromatic rings. The second-order valence-electron chi connectivity index (χ2n) is 13.1. The van der Waals surface area contributed by atoms with E-state index in [-0.39, 0.29) is 41.8 Å².